The number of nitrogens with zero attached hydrogens (tertiary/aromatic N) is 4. The minimum atomic E-state index is 0.191. The molecular weight excluding hydrogens is 308 g/mol. The van der Waals surface area contributed by atoms with E-state index in [0.717, 1.165) is 15.7 Å². The first-order valence-electron chi connectivity index (χ1n) is 5.68. The molecule has 6 nitrogen and oxygen atoms in total. The Kier molecular flexibility index (Phi) is 3.84. The van der Waals surface area contributed by atoms with E-state index in [-0.39, 0.29) is 5.95 Å². The highest BCUT2D eigenvalue weighted by molar-refractivity contribution is 9.10. The second-order valence-electron chi connectivity index (χ2n) is 4.30. The lowest BCUT2D eigenvalue weighted by molar-refractivity contribution is 0.969. The second kappa shape index (κ2) is 5.40. The molecule has 0 aliphatic heterocycles. The van der Waals surface area contributed by atoms with Crippen LogP contribution in [-0.4, -0.2) is 29.0 Å². The van der Waals surface area contributed by atoms with E-state index in [1.54, 1.807) is 4.90 Å². The first-order valence-corrected chi connectivity index (χ1v) is 6.47. The van der Waals surface area contributed by atoms with E-state index < -0.39 is 0 Å². The Morgan fingerprint density at radius 3 is 2.58 bits per heavy atom. The molecule has 2 aromatic rings. The summed E-state index contributed by atoms with van der Waals surface area (Å²) in [6.45, 7) is 2.00. The van der Waals surface area contributed by atoms with Crippen LogP contribution in [0.25, 0.3) is 0 Å². The lowest BCUT2D eigenvalue weighted by atomic mass is 10.2. The van der Waals surface area contributed by atoms with Gasteiger partial charge in [0.1, 0.15) is 0 Å². The minimum Gasteiger partial charge on any atom is -0.368 e. The van der Waals surface area contributed by atoms with E-state index in [4.69, 9.17) is 5.73 Å². The topological polar surface area (TPSA) is 80.0 Å². The Bertz CT molecular complexity index is 599. The number of anilines is 4. The van der Waals surface area contributed by atoms with Crippen molar-refractivity contribution in [1.29, 1.82) is 0 Å². The number of benzene rings is 1. The molecule has 1 aromatic heterocycles. The maximum atomic E-state index is 5.68. The zero-order chi connectivity index (χ0) is 14.0. The second-order valence-corrected chi connectivity index (χ2v) is 5.21. The van der Waals surface area contributed by atoms with E-state index in [1.165, 1.54) is 0 Å². The number of nitrogens with two attached hydrogens (primary N) is 1. The number of hydrogen-bond donors (Lipinski definition) is 2. The molecule has 0 amide bonds. The van der Waals surface area contributed by atoms with E-state index in [1.807, 2.05) is 39.2 Å². The van der Waals surface area contributed by atoms with Crippen LogP contribution in [-0.2, 0) is 0 Å². The average Bonchev–Trinajstić information content (AvgIpc) is 2.32. The van der Waals surface area contributed by atoms with Crippen molar-refractivity contribution in [3.63, 3.8) is 0 Å². The van der Waals surface area contributed by atoms with Crippen molar-refractivity contribution in [2.75, 3.05) is 30.0 Å². The molecule has 0 radical (unpaired) electrons. The van der Waals surface area contributed by atoms with Crippen LogP contribution in [0.4, 0.5) is 23.5 Å². The van der Waals surface area contributed by atoms with E-state index in [9.17, 15) is 0 Å². The Labute approximate surface area is 120 Å². The monoisotopic (exact) mass is 322 g/mol. The minimum absolute atomic E-state index is 0.191. The zero-order valence-electron chi connectivity index (χ0n) is 11.0. The highest BCUT2D eigenvalue weighted by Gasteiger charge is 2.07. The lowest BCUT2D eigenvalue weighted by Crippen LogP contribution is -2.15. The maximum Gasteiger partial charge on any atom is 0.233 e. The number of nitrogens with one attached hydrogen (secondary N) is 1. The highest BCUT2D eigenvalue weighted by Crippen LogP contribution is 2.23. The van der Waals surface area contributed by atoms with Gasteiger partial charge in [0.15, 0.2) is 0 Å². The van der Waals surface area contributed by atoms with Crippen molar-refractivity contribution in [3.05, 3.63) is 28.2 Å². The molecule has 0 unspecified atom stereocenters. The summed E-state index contributed by atoms with van der Waals surface area (Å²) in [5.74, 6) is 1.14. The highest BCUT2D eigenvalue weighted by atomic mass is 79.9. The third kappa shape index (κ3) is 3.31. The van der Waals surface area contributed by atoms with Crippen molar-refractivity contribution in [2.45, 2.75) is 6.92 Å². The Hall–Kier alpha value is -1.89. The number of aromatic nitrogens is 3. The molecule has 0 fully saturated rings. The van der Waals surface area contributed by atoms with Gasteiger partial charge in [-0.05, 0) is 30.7 Å². The zero-order valence-corrected chi connectivity index (χ0v) is 12.6. The Morgan fingerprint density at radius 1 is 1.21 bits per heavy atom. The number of rotatable bonds is 3. The largest absolute Gasteiger partial charge is 0.368 e. The molecule has 100 valence electrons. The van der Waals surface area contributed by atoms with Crippen molar-refractivity contribution in [1.82, 2.24) is 15.0 Å². The van der Waals surface area contributed by atoms with Crippen molar-refractivity contribution in [3.8, 4) is 0 Å². The predicted molar refractivity (Wildman–Crippen MR) is 80.7 cm³/mol. The van der Waals surface area contributed by atoms with Crippen molar-refractivity contribution < 1.29 is 0 Å². The first-order chi connectivity index (χ1) is 8.95. The van der Waals surface area contributed by atoms with Gasteiger partial charge in [-0.1, -0.05) is 15.9 Å². The molecular formula is C12H15BrN6. The van der Waals surface area contributed by atoms with Gasteiger partial charge in [-0.2, -0.15) is 15.0 Å². The number of aryl methyl sites for hydroxylation is 1. The number of nitrogen functional groups attached to an aromatic ring is 1. The Morgan fingerprint density at radius 2 is 1.95 bits per heavy atom. The smallest absolute Gasteiger partial charge is 0.233 e. The standard InChI is InChI=1S/C12H15BrN6/c1-7-6-8(13)4-5-9(7)15-11-16-10(14)17-12(18-11)19(2)3/h4-6H,1-3H3,(H3,14,15,16,17,18). The lowest BCUT2D eigenvalue weighted by Gasteiger charge is -2.13. The van der Waals surface area contributed by atoms with Crippen LogP contribution < -0.4 is 16.0 Å². The van der Waals surface area contributed by atoms with Crippen LogP contribution in [0.3, 0.4) is 0 Å². The Balaban J connectivity index is 2.32. The molecule has 0 saturated carbocycles. The van der Waals surface area contributed by atoms with Gasteiger partial charge < -0.3 is 16.0 Å². The van der Waals surface area contributed by atoms with Crippen molar-refractivity contribution >= 4 is 39.5 Å². The third-order valence-electron chi connectivity index (χ3n) is 2.48. The van der Waals surface area contributed by atoms with E-state index in [0.29, 0.717) is 11.9 Å². The van der Waals surface area contributed by atoms with Gasteiger partial charge >= 0.3 is 0 Å². The maximum absolute atomic E-state index is 5.68. The first kappa shape index (κ1) is 13.5. The quantitative estimate of drug-likeness (QED) is 0.902. The SMILES string of the molecule is Cc1cc(Br)ccc1Nc1nc(N)nc(N(C)C)n1. The summed E-state index contributed by atoms with van der Waals surface area (Å²) in [6, 6.07) is 5.92. The summed E-state index contributed by atoms with van der Waals surface area (Å²) >= 11 is 3.43. The van der Waals surface area contributed by atoms with Gasteiger partial charge in [0, 0.05) is 24.3 Å². The molecule has 0 spiro atoms. The van der Waals surface area contributed by atoms with E-state index in [2.05, 4.69) is 36.2 Å². The van der Waals surface area contributed by atoms with Gasteiger partial charge in [-0.15, -0.1) is 0 Å². The molecule has 0 saturated heterocycles. The number of halogens is 1. The average molecular weight is 323 g/mol. The molecule has 1 aromatic carbocycles. The summed E-state index contributed by atoms with van der Waals surface area (Å²) in [6.07, 6.45) is 0. The van der Waals surface area contributed by atoms with Crippen LogP contribution in [0.15, 0.2) is 22.7 Å². The summed E-state index contributed by atoms with van der Waals surface area (Å²) < 4.78 is 1.03. The summed E-state index contributed by atoms with van der Waals surface area (Å²) in [7, 11) is 3.70. The normalized spacial score (nSPS) is 10.3. The fraction of sp³-hybridized carbons (Fsp3) is 0.250. The summed E-state index contributed by atoms with van der Waals surface area (Å²) in [4.78, 5) is 14.2. The van der Waals surface area contributed by atoms with Crippen LogP contribution >= 0.6 is 15.9 Å². The molecule has 0 bridgehead atoms. The predicted octanol–water partition coefficient (Wildman–Crippen LogP) is 2.33. The summed E-state index contributed by atoms with van der Waals surface area (Å²) in [5, 5.41) is 3.15. The molecule has 19 heavy (non-hydrogen) atoms. The van der Waals surface area contributed by atoms with Gasteiger partial charge in [-0.3, -0.25) is 0 Å². The van der Waals surface area contributed by atoms with Gasteiger partial charge in [0.25, 0.3) is 0 Å². The fourth-order valence-corrected chi connectivity index (χ4v) is 2.00. The van der Waals surface area contributed by atoms with Crippen LogP contribution in [0.1, 0.15) is 5.56 Å². The van der Waals surface area contributed by atoms with Gasteiger partial charge in [-0.25, -0.2) is 0 Å². The third-order valence-corrected chi connectivity index (χ3v) is 2.97. The molecule has 0 aliphatic carbocycles. The number of hydrogen-bond acceptors (Lipinski definition) is 6. The molecule has 7 heteroatoms. The van der Waals surface area contributed by atoms with Crippen LogP contribution in [0.2, 0.25) is 0 Å². The van der Waals surface area contributed by atoms with Gasteiger partial charge in [0.2, 0.25) is 17.8 Å². The van der Waals surface area contributed by atoms with Gasteiger partial charge in [0.05, 0.1) is 0 Å². The van der Waals surface area contributed by atoms with E-state index >= 15 is 0 Å². The molecule has 2 rings (SSSR count). The van der Waals surface area contributed by atoms with Crippen molar-refractivity contribution in [2.24, 2.45) is 0 Å². The van der Waals surface area contributed by atoms with Crippen LogP contribution in [0.5, 0.6) is 0 Å². The molecule has 0 aliphatic rings. The summed E-state index contributed by atoms with van der Waals surface area (Å²) in [5.41, 5.74) is 7.69. The van der Waals surface area contributed by atoms with Crippen LogP contribution in [0, 0.1) is 6.92 Å². The fourth-order valence-electron chi connectivity index (χ4n) is 1.52. The molecule has 1 heterocycles. The molecule has 0 atom stereocenters. The molecule has 3 N–H and O–H groups in total.